The molecule has 0 spiro atoms. The van der Waals surface area contributed by atoms with Crippen LogP contribution in [-0.2, 0) is 0 Å². The smallest absolute Gasteiger partial charge is 0.335 e. The van der Waals surface area contributed by atoms with Gasteiger partial charge in [-0.05, 0) is 61.3 Å². The first-order chi connectivity index (χ1) is 11.8. The zero-order valence-corrected chi connectivity index (χ0v) is 18.3. The van der Waals surface area contributed by atoms with Gasteiger partial charge >= 0.3 is 5.97 Å². The third-order valence-corrected chi connectivity index (χ3v) is 6.50. The van der Waals surface area contributed by atoms with E-state index in [0.29, 0.717) is 22.6 Å². The van der Waals surface area contributed by atoms with Crippen LogP contribution in [-0.4, -0.2) is 16.3 Å². The molecule has 0 heterocycles. The van der Waals surface area contributed by atoms with Gasteiger partial charge in [0.25, 0.3) is 0 Å². The summed E-state index contributed by atoms with van der Waals surface area (Å²) >= 11 is 1.85. The Morgan fingerprint density at radius 2 is 1.72 bits per heavy atom. The maximum atomic E-state index is 11.6. The second-order valence-electron chi connectivity index (χ2n) is 6.70. The summed E-state index contributed by atoms with van der Waals surface area (Å²) in [5.41, 5.74) is 2.94. The third kappa shape index (κ3) is 7.05. The third-order valence-electron chi connectivity index (χ3n) is 4.64. The Hall–Kier alpha value is -0.960. The minimum absolute atomic E-state index is 0.432. The van der Waals surface area contributed by atoms with Gasteiger partial charge in [-0.1, -0.05) is 54.9 Å². The fourth-order valence-electron chi connectivity index (χ4n) is 3.16. The molecule has 0 radical (unpaired) electrons. The first-order valence-corrected chi connectivity index (χ1v) is 10.8. The highest BCUT2D eigenvalue weighted by molar-refractivity contribution is 8.00. The molecule has 1 aromatic rings. The summed E-state index contributed by atoms with van der Waals surface area (Å²) in [7, 11) is 0. The zero-order chi connectivity index (χ0) is 19.6. The van der Waals surface area contributed by atoms with Crippen molar-refractivity contribution in [3.63, 3.8) is 0 Å². The molecule has 1 aromatic carbocycles. The van der Waals surface area contributed by atoms with Crippen molar-refractivity contribution in [1.82, 2.24) is 0 Å². The molecule has 0 saturated carbocycles. The second-order valence-corrected chi connectivity index (χ2v) is 7.98. The molecule has 2 nitrogen and oxygen atoms in total. The van der Waals surface area contributed by atoms with Crippen LogP contribution in [0.25, 0.3) is 0 Å². The Morgan fingerprint density at radius 1 is 1.12 bits per heavy atom. The van der Waals surface area contributed by atoms with Crippen molar-refractivity contribution in [1.29, 1.82) is 0 Å². The standard InChI is InChI=1S/C20H32O2S.C2H6/c1-7-10-15(8-2)17-11-16(20(21)22)12-19(14(17)6)23-18(9-3)13(4)5;1-2/h11-13,15,18H,7-10H2,1-6H3,(H,21,22);1-2H3. The van der Waals surface area contributed by atoms with Gasteiger partial charge in [-0.3, -0.25) is 0 Å². The second kappa shape index (κ2) is 12.4. The van der Waals surface area contributed by atoms with E-state index >= 15 is 0 Å². The number of hydrogen-bond acceptors (Lipinski definition) is 2. The number of carboxylic acids is 1. The highest BCUT2D eigenvalue weighted by atomic mass is 32.2. The lowest BCUT2D eigenvalue weighted by molar-refractivity contribution is 0.0696. The van der Waals surface area contributed by atoms with Crippen molar-refractivity contribution in [2.24, 2.45) is 5.92 Å². The highest BCUT2D eigenvalue weighted by Gasteiger charge is 2.20. The molecule has 144 valence electrons. The average molecular weight is 367 g/mol. The molecule has 25 heavy (non-hydrogen) atoms. The van der Waals surface area contributed by atoms with Gasteiger partial charge in [0.2, 0.25) is 0 Å². The van der Waals surface area contributed by atoms with Crippen LogP contribution in [0.1, 0.15) is 102 Å². The number of carboxylic acid groups (broad SMARTS) is 1. The molecule has 0 bridgehead atoms. The lowest BCUT2D eigenvalue weighted by atomic mass is 9.88. The van der Waals surface area contributed by atoms with Crippen LogP contribution >= 0.6 is 11.8 Å². The van der Waals surface area contributed by atoms with Crippen LogP contribution in [0, 0.1) is 12.8 Å². The molecule has 0 aromatic heterocycles. The Labute approximate surface area is 159 Å². The van der Waals surface area contributed by atoms with Crippen molar-refractivity contribution in [3.8, 4) is 0 Å². The van der Waals surface area contributed by atoms with Crippen molar-refractivity contribution in [2.45, 2.75) is 97.1 Å². The SMILES string of the molecule is CC.CCCC(CC)c1cc(C(=O)O)cc(SC(CC)C(C)C)c1C. The predicted octanol–water partition coefficient (Wildman–Crippen LogP) is 7.54. The van der Waals surface area contributed by atoms with Crippen LogP contribution in [0.4, 0.5) is 0 Å². The molecule has 0 aliphatic carbocycles. The van der Waals surface area contributed by atoms with Crippen molar-refractivity contribution in [3.05, 3.63) is 28.8 Å². The Kier molecular flexibility index (Phi) is 11.9. The van der Waals surface area contributed by atoms with E-state index in [9.17, 15) is 9.90 Å². The number of rotatable bonds is 9. The van der Waals surface area contributed by atoms with Crippen LogP contribution in [0.15, 0.2) is 17.0 Å². The van der Waals surface area contributed by atoms with Crippen LogP contribution in [0.3, 0.4) is 0 Å². The number of benzene rings is 1. The molecule has 0 amide bonds. The molecule has 2 unspecified atom stereocenters. The molecule has 0 saturated heterocycles. The molecule has 0 fully saturated rings. The topological polar surface area (TPSA) is 37.3 Å². The minimum atomic E-state index is -0.822. The molecule has 3 heteroatoms. The van der Waals surface area contributed by atoms with Crippen molar-refractivity contribution >= 4 is 17.7 Å². The number of hydrogen-bond donors (Lipinski definition) is 1. The highest BCUT2D eigenvalue weighted by Crippen LogP contribution is 2.38. The average Bonchev–Trinajstić information content (AvgIpc) is 2.60. The summed E-state index contributed by atoms with van der Waals surface area (Å²) in [5.74, 6) is 0.216. The summed E-state index contributed by atoms with van der Waals surface area (Å²) in [6.07, 6.45) is 4.40. The van der Waals surface area contributed by atoms with E-state index in [2.05, 4.69) is 41.5 Å². The summed E-state index contributed by atoms with van der Waals surface area (Å²) < 4.78 is 0. The molecule has 1 rings (SSSR count). The van der Waals surface area contributed by atoms with Gasteiger partial charge in [-0.15, -0.1) is 11.8 Å². The van der Waals surface area contributed by atoms with Gasteiger partial charge in [0.15, 0.2) is 0 Å². The zero-order valence-electron chi connectivity index (χ0n) is 17.5. The Bertz CT molecular complexity index is 523. The fourth-order valence-corrected chi connectivity index (χ4v) is 4.42. The van der Waals surface area contributed by atoms with Gasteiger partial charge < -0.3 is 5.11 Å². The van der Waals surface area contributed by atoms with Gasteiger partial charge in [0, 0.05) is 10.1 Å². The molecule has 0 aliphatic heterocycles. The Balaban J connectivity index is 0.00000277. The van der Waals surface area contributed by atoms with Crippen LogP contribution in [0.5, 0.6) is 0 Å². The first-order valence-electron chi connectivity index (χ1n) is 9.90. The normalized spacial score (nSPS) is 13.2. The molecule has 0 aliphatic rings. The summed E-state index contributed by atoms with van der Waals surface area (Å²) in [5, 5.41) is 10.0. The van der Waals surface area contributed by atoms with Gasteiger partial charge in [0.1, 0.15) is 0 Å². The van der Waals surface area contributed by atoms with Gasteiger partial charge in [-0.25, -0.2) is 4.79 Å². The molecule has 2 atom stereocenters. The van der Waals surface area contributed by atoms with E-state index in [1.807, 2.05) is 37.7 Å². The fraction of sp³-hybridized carbons (Fsp3) is 0.682. The molecular weight excluding hydrogens is 328 g/mol. The van der Waals surface area contributed by atoms with Crippen molar-refractivity contribution in [2.75, 3.05) is 0 Å². The quantitative estimate of drug-likeness (QED) is 0.459. The number of carbonyl (C=O) groups is 1. The van der Waals surface area contributed by atoms with Gasteiger partial charge in [-0.2, -0.15) is 0 Å². The van der Waals surface area contributed by atoms with E-state index in [1.54, 1.807) is 0 Å². The summed E-state index contributed by atoms with van der Waals surface area (Å²) in [4.78, 5) is 12.7. The van der Waals surface area contributed by atoms with Crippen molar-refractivity contribution < 1.29 is 9.90 Å². The number of thioether (sulfide) groups is 1. The van der Waals surface area contributed by atoms with Crippen LogP contribution < -0.4 is 0 Å². The largest absolute Gasteiger partial charge is 0.478 e. The maximum absolute atomic E-state index is 11.6. The molecular formula is C22H38O2S. The van der Waals surface area contributed by atoms with Crippen LogP contribution in [0.2, 0.25) is 0 Å². The minimum Gasteiger partial charge on any atom is -0.478 e. The number of aromatic carboxylic acids is 1. The summed E-state index contributed by atoms with van der Waals surface area (Å²) in [6.45, 7) is 17.2. The van der Waals surface area contributed by atoms with E-state index in [1.165, 1.54) is 11.1 Å². The monoisotopic (exact) mass is 366 g/mol. The lowest BCUT2D eigenvalue weighted by Gasteiger charge is -2.24. The van der Waals surface area contributed by atoms with E-state index < -0.39 is 5.97 Å². The maximum Gasteiger partial charge on any atom is 0.335 e. The van der Waals surface area contributed by atoms with Gasteiger partial charge in [0.05, 0.1) is 5.56 Å². The molecule has 1 N–H and O–H groups in total. The lowest BCUT2D eigenvalue weighted by Crippen LogP contribution is -2.11. The van der Waals surface area contributed by atoms with E-state index in [0.717, 1.165) is 30.6 Å². The first kappa shape index (κ1) is 24.0. The Morgan fingerprint density at radius 3 is 2.12 bits per heavy atom. The van der Waals surface area contributed by atoms with E-state index in [4.69, 9.17) is 0 Å². The van der Waals surface area contributed by atoms with E-state index in [-0.39, 0.29) is 0 Å². The summed E-state index contributed by atoms with van der Waals surface area (Å²) in [6, 6.07) is 3.78. The predicted molar refractivity (Wildman–Crippen MR) is 112 cm³/mol.